The Labute approximate surface area is 176 Å². The number of hydrogen-bond donors (Lipinski definition) is 2. The molecular weight excluding hydrogens is 378 g/mol. The summed E-state index contributed by atoms with van der Waals surface area (Å²) in [6.45, 7) is 0.144. The first-order valence-corrected chi connectivity index (χ1v) is 9.92. The van der Waals surface area contributed by atoms with Crippen molar-refractivity contribution in [3.8, 4) is 5.75 Å². The number of phenolic OH excluding ortho intramolecular Hbond substituents is 1. The quantitative estimate of drug-likeness (QED) is 0.533. The van der Waals surface area contributed by atoms with Crippen molar-refractivity contribution in [2.45, 2.75) is 31.9 Å². The van der Waals surface area contributed by atoms with Crippen LogP contribution < -0.4 is 5.32 Å². The van der Waals surface area contributed by atoms with Gasteiger partial charge in [-0.1, -0.05) is 72.8 Å². The first-order chi connectivity index (χ1) is 14.6. The summed E-state index contributed by atoms with van der Waals surface area (Å²) < 4.78 is 5.45. The molecule has 154 valence electrons. The molecule has 2 N–H and O–H groups in total. The van der Waals surface area contributed by atoms with Crippen molar-refractivity contribution in [3.05, 3.63) is 102 Å². The topological polar surface area (TPSA) is 75.6 Å². The largest absolute Gasteiger partial charge is 0.508 e. The van der Waals surface area contributed by atoms with Gasteiger partial charge in [0.2, 0.25) is 5.91 Å². The summed E-state index contributed by atoms with van der Waals surface area (Å²) in [6, 6.07) is 24.9. The van der Waals surface area contributed by atoms with Gasteiger partial charge in [0.15, 0.2) is 0 Å². The second-order valence-corrected chi connectivity index (χ2v) is 7.07. The number of carbonyl (C=O) groups is 2. The van der Waals surface area contributed by atoms with E-state index in [2.05, 4.69) is 5.32 Å². The van der Waals surface area contributed by atoms with Crippen molar-refractivity contribution in [2.75, 3.05) is 0 Å². The van der Waals surface area contributed by atoms with Crippen molar-refractivity contribution < 1.29 is 19.4 Å². The Morgan fingerprint density at radius 3 is 2.03 bits per heavy atom. The summed E-state index contributed by atoms with van der Waals surface area (Å²) in [5, 5.41) is 12.3. The Balaban J connectivity index is 1.62. The standard InChI is InChI=1S/C25H25NO4/c27-22-14-11-20(12-15-22)17-23(25(29)30-18-21-9-5-2-6-10-21)26-24(28)16-13-19-7-3-1-4-8-19/h1-12,14-15,23,27H,13,16-18H2,(H,26,28)/t23-/m0/s1. The second-order valence-electron chi connectivity index (χ2n) is 7.07. The first-order valence-electron chi connectivity index (χ1n) is 9.92. The average Bonchev–Trinajstić information content (AvgIpc) is 2.78. The molecule has 5 heteroatoms. The van der Waals surface area contributed by atoms with Crippen LogP contribution >= 0.6 is 0 Å². The smallest absolute Gasteiger partial charge is 0.329 e. The van der Waals surface area contributed by atoms with E-state index in [0.717, 1.165) is 16.7 Å². The summed E-state index contributed by atoms with van der Waals surface area (Å²) in [6.07, 6.45) is 1.16. The fraction of sp³-hybridized carbons (Fsp3) is 0.200. The molecule has 0 saturated carbocycles. The van der Waals surface area contributed by atoms with E-state index in [9.17, 15) is 14.7 Å². The normalized spacial score (nSPS) is 11.5. The van der Waals surface area contributed by atoms with Crippen LogP contribution in [0.15, 0.2) is 84.9 Å². The SMILES string of the molecule is O=C(CCc1ccccc1)N[C@@H](Cc1ccc(O)cc1)C(=O)OCc1ccccc1. The van der Waals surface area contributed by atoms with Crippen LogP contribution in [0.4, 0.5) is 0 Å². The zero-order chi connectivity index (χ0) is 21.2. The van der Waals surface area contributed by atoms with Crippen molar-refractivity contribution in [3.63, 3.8) is 0 Å². The Bertz CT molecular complexity index is 940. The van der Waals surface area contributed by atoms with Crippen LogP contribution in [-0.4, -0.2) is 23.0 Å². The Morgan fingerprint density at radius 2 is 1.40 bits per heavy atom. The van der Waals surface area contributed by atoms with Crippen molar-refractivity contribution in [2.24, 2.45) is 0 Å². The average molecular weight is 403 g/mol. The molecule has 0 spiro atoms. The second kappa shape index (κ2) is 10.8. The van der Waals surface area contributed by atoms with E-state index in [1.807, 2.05) is 60.7 Å². The molecule has 30 heavy (non-hydrogen) atoms. The molecule has 3 rings (SSSR count). The van der Waals surface area contributed by atoms with Gasteiger partial charge in [-0.25, -0.2) is 4.79 Å². The van der Waals surface area contributed by atoms with Crippen LogP contribution in [0.3, 0.4) is 0 Å². The molecule has 3 aromatic rings. The van der Waals surface area contributed by atoms with E-state index in [-0.39, 0.29) is 31.1 Å². The molecule has 1 amide bonds. The number of ether oxygens (including phenoxy) is 1. The molecular formula is C25H25NO4. The number of esters is 1. The minimum Gasteiger partial charge on any atom is -0.508 e. The highest BCUT2D eigenvalue weighted by atomic mass is 16.5. The number of rotatable bonds is 9. The third kappa shape index (κ3) is 6.78. The lowest BCUT2D eigenvalue weighted by atomic mass is 10.0. The Kier molecular flexibility index (Phi) is 7.61. The van der Waals surface area contributed by atoms with E-state index in [1.165, 1.54) is 0 Å². The fourth-order valence-electron chi connectivity index (χ4n) is 3.06. The predicted molar refractivity (Wildman–Crippen MR) is 115 cm³/mol. The Hall–Kier alpha value is -3.60. The van der Waals surface area contributed by atoms with Gasteiger partial charge >= 0.3 is 5.97 Å². The van der Waals surface area contributed by atoms with Crippen molar-refractivity contribution >= 4 is 11.9 Å². The molecule has 1 atom stereocenters. The maximum atomic E-state index is 12.7. The highest BCUT2D eigenvalue weighted by molar-refractivity contribution is 5.84. The van der Waals surface area contributed by atoms with Crippen molar-refractivity contribution in [1.82, 2.24) is 5.32 Å². The molecule has 0 aliphatic carbocycles. The summed E-state index contributed by atoms with van der Waals surface area (Å²) in [5.41, 5.74) is 2.76. The summed E-state index contributed by atoms with van der Waals surface area (Å²) in [7, 11) is 0. The van der Waals surface area contributed by atoms with Gasteiger partial charge < -0.3 is 15.2 Å². The number of aryl methyl sites for hydroxylation is 1. The first kappa shape index (κ1) is 21.1. The molecule has 0 heterocycles. The van der Waals surface area contributed by atoms with Crippen LogP contribution in [0.2, 0.25) is 0 Å². The molecule has 0 aliphatic rings. The number of carbonyl (C=O) groups excluding carboxylic acids is 2. The lowest BCUT2D eigenvalue weighted by Crippen LogP contribution is -2.43. The molecule has 5 nitrogen and oxygen atoms in total. The number of nitrogens with one attached hydrogen (secondary N) is 1. The van der Waals surface area contributed by atoms with Gasteiger partial charge in [-0.15, -0.1) is 0 Å². The molecule has 0 aliphatic heterocycles. The third-order valence-corrected chi connectivity index (χ3v) is 4.70. The van der Waals surface area contributed by atoms with Crippen LogP contribution in [0.5, 0.6) is 5.75 Å². The maximum absolute atomic E-state index is 12.7. The van der Waals surface area contributed by atoms with Gasteiger partial charge in [0.05, 0.1) is 0 Å². The summed E-state index contributed by atoms with van der Waals surface area (Å²) >= 11 is 0. The summed E-state index contributed by atoms with van der Waals surface area (Å²) in [4.78, 5) is 25.2. The minimum atomic E-state index is -0.804. The molecule has 0 bridgehead atoms. The van der Waals surface area contributed by atoms with E-state index in [1.54, 1.807) is 24.3 Å². The number of amides is 1. The van der Waals surface area contributed by atoms with E-state index >= 15 is 0 Å². The number of aromatic hydroxyl groups is 1. The van der Waals surface area contributed by atoms with Gasteiger partial charge in [-0.3, -0.25) is 4.79 Å². The molecule has 0 fully saturated rings. The van der Waals surface area contributed by atoms with Gasteiger partial charge in [0, 0.05) is 12.8 Å². The van der Waals surface area contributed by atoms with Gasteiger partial charge in [0.25, 0.3) is 0 Å². The molecule has 0 unspecified atom stereocenters. The van der Waals surface area contributed by atoms with Gasteiger partial charge in [-0.05, 0) is 35.2 Å². The zero-order valence-electron chi connectivity index (χ0n) is 16.7. The summed E-state index contributed by atoms with van der Waals surface area (Å²) in [5.74, 6) is -0.548. The molecule has 3 aromatic carbocycles. The zero-order valence-corrected chi connectivity index (χ0v) is 16.7. The monoisotopic (exact) mass is 403 g/mol. The lowest BCUT2D eigenvalue weighted by Gasteiger charge is -2.18. The number of benzene rings is 3. The molecule has 0 saturated heterocycles. The van der Waals surface area contributed by atoms with Crippen molar-refractivity contribution in [1.29, 1.82) is 0 Å². The van der Waals surface area contributed by atoms with Gasteiger partial charge in [0.1, 0.15) is 18.4 Å². The number of phenols is 1. The highest BCUT2D eigenvalue weighted by Crippen LogP contribution is 2.13. The number of hydrogen-bond acceptors (Lipinski definition) is 4. The molecule has 0 aromatic heterocycles. The fourth-order valence-corrected chi connectivity index (χ4v) is 3.06. The van der Waals surface area contributed by atoms with E-state index < -0.39 is 12.0 Å². The maximum Gasteiger partial charge on any atom is 0.329 e. The van der Waals surface area contributed by atoms with Crippen LogP contribution in [0, 0.1) is 0 Å². The van der Waals surface area contributed by atoms with E-state index in [4.69, 9.17) is 4.74 Å². The molecule has 0 radical (unpaired) electrons. The van der Waals surface area contributed by atoms with Crippen LogP contribution in [-0.2, 0) is 33.8 Å². The van der Waals surface area contributed by atoms with Gasteiger partial charge in [-0.2, -0.15) is 0 Å². The highest BCUT2D eigenvalue weighted by Gasteiger charge is 2.23. The Morgan fingerprint density at radius 1 is 0.800 bits per heavy atom. The lowest BCUT2D eigenvalue weighted by molar-refractivity contribution is -0.149. The van der Waals surface area contributed by atoms with Crippen LogP contribution in [0.25, 0.3) is 0 Å². The van der Waals surface area contributed by atoms with E-state index in [0.29, 0.717) is 6.42 Å². The predicted octanol–water partition coefficient (Wildman–Crippen LogP) is 3.80. The van der Waals surface area contributed by atoms with Crippen LogP contribution in [0.1, 0.15) is 23.1 Å². The third-order valence-electron chi connectivity index (χ3n) is 4.70. The minimum absolute atomic E-state index is 0.144.